The van der Waals surface area contributed by atoms with E-state index in [0.717, 1.165) is 0 Å². The molecule has 0 saturated heterocycles. The first kappa shape index (κ1) is 14.8. The zero-order valence-corrected chi connectivity index (χ0v) is 11.4. The molecule has 2 rings (SSSR count). The van der Waals surface area contributed by atoms with Crippen LogP contribution in [0.1, 0.15) is 15.9 Å². The van der Waals surface area contributed by atoms with Gasteiger partial charge in [0.05, 0.1) is 7.11 Å². The average molecular weight is 290 g/mol. The maximum Gasteiger partial charge on any atom is 0.255 e. The molecule has 4 N–H and O–H groups in total. The van der Waals surface area contributed by atoms with Crippen molar-refractivity contribution in [2.75, 3.05) is 12.4 Å². The van der Waals surface area contributed by atoms with Gasteiger partial charge in [0.2, 0.25) is 0 Å². The van der Waals surface area contributed by atoms with Crippen molar-refractivity contribution in [1.82, 2.24) is 0 Å². The second-order valence-corrected chi connectivity index (χ2v) is 4.35. The van der Waals surface area contributed by atoms with Gasteiger partial charge in [0.25, 0.3) is 5.91 Å². The van der Waals surface area contributed by atoms with E-state index in [1.165, 1.54) is 43.5 Å². The predicted octanol–water partition coefficient (Wildman–Crippen LogP) is 2.25. The largest absolute Gasteiger partial charge is 0.504 e. The Bertz CT molecular complexity index is 674. The molecule has 0 heterocycles. The van der Waals surface area contributed by atoms with E-state index in [1.807, 2.05) is 0 Å². The molecule has 5 nitrogen and oxygen atoms in total. The Morgan fingerprint density at radius 1 is 1.33 bits per heavy atom. The summed E-state index contributed by atoms with van der Waals surface area (Å²) in [5.41, 5.74) is 6.41. The summed E-state index contributed by atoms with van der Waals surface area (Å²) < 4.78 is 18.2. The molecule has 0 aliphatic carbocycles. The maximum atomic E-state index is 13.3. The standard InChI is InChI=1S/C15H15FN2O3/c1-21-14-5-2-9(7-13(14)19)15(20)18-11-3-4-12(16)10(6-11)8-17/h2-7,19H,8,17H2,1H3,(H,18,20). The number of nitrogens with two attached hydrogens (primary N) is 1. The van der Waals surface area contributed by atoms with Crippen molar-refractivity contribution in [3.63, 3.8) is 0 Å². The Labute approximate surface area is 121 Å². The Kier molecular flexibility index (Phi) is 4.39. The summed E-state index contributed by atoms with van der Waals surface area (Å²) in [7, 11) is 1.42. The van der Waals surface area contributed by atoms with Crippen LogP contribution < -0.4 is 15.8 Å². The van der Waals surface area contributed by atoms with E-state index >= 15 is 0 Å². The molecule has 0 unspecified atom stereocenters. The van der Waals surface area contributed by atoms with E-state index in [4.69, 9.17) is 10.5 Å². The Morgan fingerprint density at radius 2 is 2.10 bits per heavy atom. The number of nitrogens with one attached hydrogen (secondary N) is 1. The highest BCUT2D eigenvalue weighted by Gasteiger charge is 2.11. The van der Waals surface area contributed by atoms with Crippen molar-refractivity contribution in [3.05, 3.63) is 53.3 Å². The molecule has 0 aliphatic rings. The smallest absolute Gasteiger partial charge is 0.255 e. The molecule has 21 heavy (non-hydrogen) atoms. The SMILES string of the molecule is COc1ccc(C(=O)Nc2ccc(F)c(CN)c2)cc1O. The molecular weight excluding hydrogens is 275 g/mol. The van der Waals surface area contributed by atoms with E-state index in [9.17, 15) is 14.3 Å². The van der Waals surface area contributed by atoms with Gasteiger partial charge >= 0.3 is 0 Å². The van der Waals surface area contributed by atoms with Crippen LogP contribution >= 0.6 is 0 Å². The first-order chi connectivity index (χ1) is 10.0. The summed E-state index contributed by atoms with van der Waals surface area (Å²) in [6, 6.07) is 8.44. The predicted molar refractivity (Wildman–Crippen MR) is 76.9 cm³/mol. The second kappa shape index (κ2) is 6.23. The van der Waals surface area contributed by atoms with Gasteiger partial charge in [-0.2, -0.15) is 0 Å². The number of aromatic hydroxyl groups is 1. The summed E-state index contributed by atoms with van der Waals surface area (Å²) >= 11 is 0. The molecule has 0 saturated carbocycles. The molecule has 0 aromatic heterocycles. The van der Waals surface area contributed by atoms with Gasteiger partial charge in [-0.3, -0.25) is 4.79 Å². The quantitative estimate of drug-likeness (QED) is 0.806. The molecule has 1 amide bonds. The lowest BCUT2D eigenvalue weighted by Crippen LogP contribution is -2.12. The first-order valence-corrected chi connectivity index (χ1v) is 6.22. The minimum atomic E-state index is -0.428. The highest BCUT2D eigenvalue weighted by Crippen LogP contribution is 2.26. The summed E-state index contributed by atoms with van der Waals surface area (Å²) in [4.78, 5) is 12.1. The molecule has 0 spiro atoms. The molecule has 6 heteroatoms. The van der Waals surface area contributed by atoms with E-state index in [2.05, 4.69) is 5.32 Å². The number of hydrogen-bond acceptors (Lipinski definition) is 4. The number of methoxy groups -OCH3 is 1. The van der Waals surface area contributed by atoms with Crippen LogP contribution in [-0.4, -0.2) is 18.1 Å². The fraction of sp³-hybridized carbons (Fsp3) is 0.133. The number of halogens is 1. The van der Waals surface area contributed by atoms with Crippen LogP contribution in [-0.2, 0) is 6.54 Å². The van der Waals surface area contributed by atoms with Crippen LogP contribution in [0.25, 0.3) is 0 Å². The van der Waals surface area contributed by atoms with Crippen molar-refractivity contribution in [2.24, 2.45) is 5.73 Å². The zero-order chi connectivity index (χ0) is 15.4. The topological polar surface area (TPSA) is 84.6 Å². The third kappa shape index (κ3) is 3.29. The molecule has 0 atom stereocenters. The number of amides is 1. The van der Waals surface area contributed by atoms with Gasteiger partial charge in [0, 0.05) is 23.4 Å². The van der Waals surface area contributed by atoms with Crippen LogP contribution in [0.15, 0.2) is 36.4 Å². The third-order valence-electron chi connectivity index (χ3n) is 2.96. The number of carbonyl (C=O) groups is 1. The minimum absolute atomic E-state index is 0.0405. The number of benzene rings is 2. The monoisotopic (exact) mass is 290 g/mol. The minimum Gasteiger partial charge on any atom is -0.504 e. The van der Waals surface area contributed by atoms with Gasteiger partial charge in [0.15, 0.2) is 11.5 Å². The Balaban J connectivity index is 2.19. The van der Waals surface area contributed by atoms with Gasteiger partial charge in [-0.1, -0.05) is 0 Å². The van der Waals surface area contributed by atoms with Gasteiger partial charge in [0.1, 0.15) is 5.82 Å². The van der Waals surface area contributed by atoms with Gasteiger partial charge in [-0.15, -0.1) is 0 Å². The fourth-order valence-corrected chi connectivity index (χ4v) is 1.84. The lowest BCUT2D eigenvalue weighted by Gasteiger charge is -2.09. The molecule has 110 valence electrons. The highest BCUT2D eigenvalue weighted by atomic mass is 19.1. The van der Waals surface area contributed by atoms with Crippen LogP contribution in [0.5, 0.6) is 11.5 Å². The first-order valence-electron chi connectivity index (χ1n) is 6.22. The maximum absolute atomic E-state index is 13.3. The molecule has 2 aromatic rings. The van der Waals surface area contributed by atoms with Gasteiger partial charge in [-0.25, -0.2) is 4.39 Å². The third-order valence-corrected chi connectivity index (χ3v) is 2.96. The number of ether oxygens (including phenoxy) is 1. The van der Waals surface area contributed by atoms with Crippen LogP contribution in [0.3, 0.4) is 0 Å². The summed E-state index contributed by atoms with van der Waals surface area (Å²) in [5, 5.41) is 12.3. The lowest BCUT2D eigenvalue weighted by atomic mass is 10.1. The van der Waals surface area contributed by atoms with E-state index in [1.54, 1.807) is 0 Å². The van der Waals surface area contributed by atoms with Crippen LogP contribution in [0, 0.1) is 5.82 Å². The average Bonchev–Trinajstić information content (AvgIpc) is 2.49. The van der Waals surface area contributed by atoms with Crippen LogP contribution in [0.2, 0.25) is 0 Å². The molecule has 2 aromatic carbocycles. The van der Waals surface area contributed by atoms with Crippen LogP contribution in [0.4, 0.5) is 10.1 Å². The van der Waals surface area contributed by atoms with Crippen molar-refractivity contribution in [2.45, 2.75) is 6.54 Å². The van der Waals surface area contributed by atoms with Crippen molar-refractivity contribution < 1.29 is 19.0 Å². The molecular formula is C15H15FN2O3. The number of phenols is 1. The van der Waals surface area contributed by atoms with E-state index in [0.29, 0.717) is 11.3 Å². The molecule has 0 aliphatic heterocycles. The molecule has 0 radical (unpaired) electrons. The number of hydrogen-bond donors (Lipinski definition) is 3. The van der Waals surface area contributed by atoms with Crippen molar-refractivity contribution in [1.29, 1.82) is 0 Å². The van der Waals surface area contributed by atoms with Crippen molar-refractivity contribution >= 4 is 11.6 Å². The fourth-order valence-electron chi connectivity index (χ4n) is 1.84. The van der Waals surface area contributed by atoms with E-state index < -0.39 is 11.7 Å². The van der Waals surface area contributed by atoms with Gasteiger partial charge < -0.3 is 20.9 Å². The number of phenolic OH excluding ortho intramolecular Hbond substituents is 1. The second-order valence-electron chi connectivity index (χ2n) is 4.35. The number of rotatable bonds is 4. The lowest BCUT2D eigenvalue weighted by molar-refractivity contribution is 0.102. The molecule has 0 fully saturated rings. The summed E-state index contributed by atoms with van der Waals surface area (Å²) in [6.07, 6.45) is 0. The normalized spacial score (nSPS) is 10.2. The Hall–Kier alpha value is -2.60. The molecule has 0 bridgehead atoms. The summed E-state index contributed by atoms with van der Waals surface area (Å²) in [6.45, 7) is 0.0405. The highest BCUT2D eigenvalue weighted by molar-refractivity contribution is 6.04. The van der Waals surface area contributed by atoms with Gasteiger partial charge in [-0.05, 0) is 36.4 Å². The Morgan fingerprint density at radius 3 is 2.71 bits per heavy atom. The van der Waals surface area contributed by atoms with Crippen molar-refractivity contribution in [3.8, 4) is 11.5 Å². The number of anilines is 1. The summed E-state index contributed by atoms with van der Waals surface area (Å²) in [5.74, 6) is -0.703. The number of carbonyl (C=O) groups excluding carboxylic acids is 1. The van der Waals surface area contributed by atoms with E-state index in [-0.39, 0.29) is 23.6 Å². The zero-order valence-electron chi connectivity index (χ0n) is 11.4.